The van der Waals surface area contributed by atoms with Crippen LogP contribution >= 0.6 is 11.8 Å². The van der Waals surface area contributed by atoms with Crippen LogP contribution in [0, 0.1) is 25.7 Å². The van der Waals surface area contributed by atoms with Crippen molar-refractivity contribution in [3.8, 4) is 0 Å². The summed E-state index contributed by atoms with van der Waals surface area (Å²) in [6.07, 6.45) is 3.36. The number of carbonyl (C=O) groups excluding carboxylic acids is 3. The number of thioether (sulfide) groups is 1. The molecule has 2 saturated heterocycles. The van der Waals surface area contributed by atoms with Crippen molar-refractivity contribution < 1.29 is 14.4 Å². The molecule has 2 aromatic carbocycles. The molecule has 33 heavy (non-hydrogen) atoms. The number of benzene rings is 2. The van der Waals surface area contributed by atoms with Crippen LogP contribution in [0.4, 0.5) is 5.69 Å². The maximum absolute atomic E-state index is 13.8. The van der Waals surface area contributed by atoms with E-state index < -0.39 is 17.4 Å². The molecule has 1 spiro atoms. The lowest BCUT2D eigenvalue weighted by Crippen LogP contribution is -2.53. The highest BCUT2D eigenvalue weighted by Crippen LogP contribution is 2.54. The molecule has 3 aliphatic heterocycles. The van der Waals surface area contributed by atoms with Crippen molar-refractivity contribution in [2.75, 3.05) is 23.9 Å². The third-order valence-electron chi connectivity index (χ3n) is 7.36. The standard InChI is InChI=1S/C26H29N3O3S/c1-15-13-16(2)22-18(14-15)26(25(32)27-22)21-20(19(28-26)10-12-33-3)23(30)29(24(21)31)11-9-17-7-5-4-6-8-17/h4-8,13-14,19-21,28H,9-12H2,1-3H3,(H,27,32)/t19-,20+,21-,26-/m0/s1. The Balaban J connectivity index is 1.55. The lowest BCUT2D eigenvalue weighted by Gasteiger charge is -2.30. The number of likely N-dealkylation sites (tertiary alicyclic amines) is 1. The fourth-order valence-corrected chi connectivity index (χ4v) is 6.41. The van der Waals surface area contributed by atoms with Gasteiger partial charge in [-0.25, -0.2) is 0 Å². The second-order valence-corrected chi connectivity index (χ2v) is 10.4. The third kappa shape index (κ3) is 3.32. The van der Waals surface area contributed by atoms with Gasteiger partial charge in [0.15, 0.2) is 0 Å². The van der Waals surface area contributed by atoms with Crippen molar-refractivity contribution in [2.24, 2.45) is 11.8 Å². The van der Waals surface area contributed by atoms with Gasteiger partial charge < -0.3 is 5.32 Å². The normalized spacial score (nSPS) is 27.9. The number of hydrogen-bond donors (Lipinski definition) is 2. The molecule has 3 amide bonds. The summed E-state index contributed by atoms with van der Waals surface area (Å²) in [7, 11) is 0. The van der Waals surface area contributed by atoms with Crippen LogP contribution in [0.2, 0.25) is 0 Å². The van der Waals surface area contributed by atoms with Gasteiger partial charge in [0, 0.05) is 23.8 Å². The van der Waals surface area contributed by atoms with Gasteiger partial charge >= 0.3 is 0 Å². The van der Waals surface area contributed by atoms with Gasteiger partial charge in [-0.1, -0.05) is 48.0 Å². The maximum Gasteiger partial charge on any atom is 0.250 e. The second kappa shape index (κ2) is 8.29. The van der Waals surface area contributed by atoms with Gasteiger partial charge in [-0.05, 0) is 49.8 Å². The van der Waals surface area contributed by atoms with Crippen molar-refractivity contribution >= 4 is 35.2 Å². The zero-order valence-electron chi connectivity index (χ0n) is 19.2. The summed E-state index contributed by atoms with van der Waals surface area (Å²) in [5.41, 5.74) is 3.46. The smallest absolute Gasteiger partial charge is 0.250 e. The minimum Gasteiger partial charge on any atom is -0.324 e. The summed E-state index contributed by atoms with van der Waals surface area (Å²) in [6.45, 7) is 4.30. The first kappa shape index (κ1) is 22.2. The van der Waals surface area contributed by atoms with Gasteiger partial charge in [-0.2, -0.15) is 11.8 Å². The number of nitrogens with zero attached hydrogens (tertiary/aromatic N) is 1. The largest absolute Gasteiger partial charge is 0.324 e. The van der Waals surface area contributed by atoms with Crippen LogP contribution in [0.3, 0.4) is 0 Å². The molecule has 2 aromatic rings. The highest BCUT2D eigenvalue weighted by atomic mass is 32.2. The molecular weight excluding hydrogens is 434 g/mol. The first-order valence-electron chi connectivity index (χ1n) is 11.5. The monoisotopic (exact) mass is 463 g/mol. The topological polar surface area (TPSA) is 78.5 Å². The molecule has 5 rings (SSSR count). The number of carbonyl (C=O) groups is 3. The van der Waals surface area contributed by atoms with E-state index in [4.69, 9.17) is 0 Å². The predicted molar refractivity (Wildman–Crippen MR) is 130 cm³/mol. The molecule has 0 radical (unpaired) electrons. The SMILES string of the molecule is CSCC[C@@H]1N[C@]2(C(=O)Nc3c(C)cc(C)cc32)[C@@H]2C(=O)N(CCc3ccccc3)C(=O)[C@H]12. The van der Waals surface area contributed by atoms with Crippen LogP contribution in [-0.4, -0.2) is 47.2 Å². The number of hydrogen-bond acceptors (Lipinski definition) is 5. The van der Waals surface area contributed by atoms with Crippen LogP contribution in [0.25, 0.3) is 0 Å². The van der Waals surface area contributed by atoms with Crippen molar-refractivity contribution in [2.45, 2.75) is 38.3 Å². The minimum absolute atomic E-state index is 0.151. The van der Waals surface area contributed by atoms with E-state index >= 15 is 0 Å². The van der Waals surface area contributed by atoms with Crippen molar-refractivity contribution in [3.63, 3.8) is 0 Å². The van der Waals surface area contributed by atoms with Crippen molar-refractivity contribution in [1.29, 1.82) is 0 Å². The predicted octanol–water partition coefficient (Wildman–Crippen LogP) is 3.02. The molecule has 0 aromatic heterocycles. The van der Waals surface area contributed by atoms with E-state index in [9.17, 15) is 14.4 Å². The van der Waals surface area contributed by atoms with E-state index in [0.717, 1.165) is 40.1 Å². The molecule has 7 heteroatoms. The molecule has 0 bridgehead atoms. The fraction of sp³-hybridized carbons (Fsp3) is 0.423. The van der Waals surface area contributed by atoms with E-state index in [1.807, 2.05) is 62.6 Å². The van der Waals surface area contributed by atoms with Gasteiger partial charge in [0.2, 0.25) is 17.7 Å². The van der Waals surface area contributed by atoms with Crippen molar-refractivity contribution in [1.82, 2.24) is 10.2 Å². The number of imide groups is 1. The summed E-state index contributed by atoms with van der Waals surface area (Å²) >= 11 is 1.70. The molecular formula is C26H29N3O3S. The lowest BCUT2D eigenvalue weighted by atomic mass is 9.76. The molecule has 2 fully saturated rings. The first-order chi connectivity index (χ1) is 15.9. The highest BCUT2D eigenvalue weighted by molar-refractivity contribution is 7.98. The van der Waals surface area contributed by atoms with Crippen molar-refractivity contribution in [3.05, 3.63) is 64.7 Å². The lowest BCUT2D eigenvalue weighted by molar-refractivity contribution is -0.142. The zero-order valence-corrected chi connectivity index (χ0v) is 20.0. The van der Waals surface area contributed by atoms with Gasteiger partial charge in [0.25, 0.3) is 0 Å². The summed E-state index contributed by atoms with van der Waals surface area (Å²) in [5.74, 6) is -1.01. The molecule has 3 heterocycles. The maximum atomic E-state index is 13.8. The molecule has 0 saturated carbocycles. The van der Waals surface area contributed by atoms with Crippen LogP contribution in [0.15, 0.2) is 42.5 Å². The Morgan fingerprint density at radius 1 is 1.06 bits per heavy atom. The molecule has 3 aliphatic rings. The van der Waals surface area contributed by atoms with E-state index in [2.05, 4.69) is 10.6 Å². The Labute approximate surface area is 198 Å². The summed E-state index contributed by atoms with van der Waals surface area (Å²) in [4.78, 5) is 42.4. The van der Waals surface area contributed by atoms with Crippen LogP contribution in [-0.2, 0) is 26.3 Å². The van der Waals surface area contributed by atoms with E-state index in [1.54, 1.807) is 11.8 Å². The minimum atomic E-state index is -1.20. The van der Waals surface area contributed by atoms with Gasteiger partial charge in [-0.3, -0.25) is 24.6 Å². The Morgan fingerprint density at radius 2 is 1.82 bits per heavy atom. The Morgan fingerprint density at radius 3 is 2.55 bits per heavy atom. The van der Waals surface area contributed by atoms with Crippen LogP contribution in [0.5, 0.6) is 0 Å². The number of rotatable bonds is 6. The average Bonchev–Trinajstić information content (AvgIpc) is 3.37. The highest BCUT2D eigenvalue weighted by Gasteiger charge is 2.70. The number of nitrogens with one attached hydrogen (secondary N) is 2. The number of aryl methyl sites for hydroxylation is 2. The number of fused-ring (bicyclic) bond motifs is 4. The summed E-state index contributed by atoms with van der Waals surface area (Å²) in [5, 5.41) is 6.56. The zero-order chi connectivity index (χ0) is 23.3. The summed E-state index contributed by atoms with van der Waals surface area (Å²) < 4.78 is 0. The summed E-state index contributed by atoms with van der Waals surface area (Å²) in [6, 6.07) is 13.7. The Bertz CT molecular complexity index is 1140. The molecule has 2 N–H and O–H groups in total. The molecule has 172 valence electrons. The van der Waals surface area contributed by atoms with E-state index in [1.165, 1.54) is 4.90 Å². The van der Waals surface area contributed by atoms with E-state index in [0.29, 0.717) is 13.0 Å². The first-order valence-corrected chi connectivity index (χ1v) is 12.9. The van der Waals surface area contributed by atoms with E-state index in [-0.39, 0.29) is 23.8 Å². The van der Waals surface area contributed by atoms with Crippen LogP contribution in [0.1, 0.15) is 28.7 Å². The third-order valence-corrected chi connectivity index (χ3v) is 8.00. The Hall–Kier alpha value is -2.64. The average molecular weight is 464 g/mol. The molecule has 6 nitrogen and oxygen atoms in total. The number of amides is 3. The quantitative estimate of drug-likeness (QED) is 0.644. The van der Waals surface area contributed by atoms with Crippen LogP contribution < -0.4 is 10.6 Å². The molecule has 0 aliphatic carbocycles. The number of anilines is 1. The van der Waals surface area contributed by atoms with Gasteiger partial charge in [-0.15, -0.1) is 0 Å². The van der Waals surface area contributed by atoms with Gasteiger partial charge in [0.05, 0.1) is 11.8 Å². The molecule has 0 unspecified atom stereocenters. The fourth-order valence-electron chi connectivity index (χ4n) is 5.92. The van der Waals surface area contributed by atoms with Gasteiger partial charge in [0.1, 0.15) is 5.54 Å². The second-order valence-electron chi connectivity index (χ2n) is 9.37. The molecule has 4 atom stereocenters. The Kier molecular flexibility index (Phi) is 5.57.